The van der Waals surface area contributed by atoms with Gasteiger partial charge in [-0.2, -0.15) is 0 Å². The maximum Gasteiger partial charge on any atom is 0.240 e. The average molecular weight is 305 g/mol. The van der Waals surface area contributed by atoms with E-state index in [1.807, 2.05) is 26.8 Å². The van der Waals surface area contributed by atoms with Crippen molar-refractivity contribution in [3.63, 3.8) is 0 Å². The fourth-order valence-corrected chi connectivity index (χ4v) is 3.07. The maximum absolute atomic E-state index is 12.2. The first-order chi connectivity index (χ1) is 9.90. The molecule has 6 heteroatoms. The van der Waals surface area contributed by atoms with Crippen LogP contribution in [0.1, 0.15) is 22.5 Å². The zero-order chi connectivity index (χ0) is 15.5. The zero-order valence-corrected chi connectivity index (χ0v) is 13.2. The summed E-state index contributed by atoms with van der Waals surface area (Å²) in [6.45, 7) is 6.02. The van der Waals surface area contributed by atoms with Crippen molar-refractivity contribution in [1.82, 2.24) is 14.7 Å². The summed E-state index contributed by atoms with van der Waals surface area (Å²) in [6.07, 6.45) is 3.75. The van der Waals surface area contributed by atoms with Crippen LogP contribution in [0.5, 0.6) is 0 Å². The lowest BCUT2D eigenvalue weighted by atomic mass is 10.1. The molecular formula is C15H19N3O2S. The quantitative estimate of drug-likeness (QED) is 0.916. The van der Waals surface area contributed by atoms with E-state index in [-0.39, 0.29) is 0 Å². The summed E-state index contributed by atoms with van der Waals surface area (Å²) in [5.41, 5.74) is 3.66. The van der Waals surface area contributed by atoms with Crippen LogP contribution < -0.4 is 4.72 Å². The summed E-state index contributed by atoms with van der Waals surface area (Å²) in [4.78, 5) is 8.63. The van der Waals surface area contributed by atoms with Gasteiger partial charge in [0, 0.05) is 25.4 Å². The third-order valence-electron chi connectivity index (χ3n) is 3.43. The number of nitrogens with one attached hydrogen (secondary N) is 1. The molecule has 0 radical (unpaired) electrons. The van der Waals surface area contributed by atoms with Gasteiger partial charge in [0.1, 0.15) is 0 Å². The van der Waals surface area contributed by atoms with Crippen molar-refractivity contribution in [1.29, 1.82) is 0 Å². The molecule has 0 unspecified atom stereocenters. The van der Waals surface area contributed by atoms with Crippen molar-refractivity contribution in [2.75, 3.05) is 6.54 Å². The Morgan fingerprint density at radius 1 is 1.05 bits per heavy atom. The van der Waals surface area contributed by atoms with Crippen LogP contribution in [0.2, 0.25) is 0 Å². The van der Waals surface area contributed by atoms with Crippen molar-refractivity contribution in [3.05, 3.63) is 53.1 Å². The van der Waals surface area contributed by atoms with Crippen LogP contribution in [0.25, 0.3) is 0 Å². The minimum absolute atomic E-state index is 0.293. The molecule has 5 nitrogen and oxygen atoms in total. The fourth-order valence-electron chi connectivity index (χ4n) is 1.95. The highest BCUT2D eigenvalue weighted by Crippen LogP contribution is 2.14. The highest BCUT2D eigenvalue weighted by atomic mass is 32.2. The summed E-state index contributed by atoms with van der Waals surface area (Å²) in [5.74, 6) is 0. The van der Waals surface area contributed by atoms with Crippen molar-refractivity contribution in [2.45, 2.75) is 32.1 Å². The van der Waals surface area contributed by atoms with Crippen molar-refractivity contribution >= 4 is 10.0 Å². The van der Waals surface area contributed by atoms with Gasteiger partial charge < -0.3 is 0 Å². The fraction of sp³-hybridized carbons (Fsp3) is 0.333. The molecule has 2 rings (SSSR count). The molecule has 0 fully saturated rings. The Bertz CT molecular complexity index is 742. The van der Waals surface area contributed by atoms with E-state index in [1.165, 1.54) is 0 Å². The first kappa shape index (κ1) is 15.6. The van der Waals surface area contributed by atoms with E-state index in [4.69, 9.17) is 0 Å². The standard InChI is InChI=1S/C15H19N3O2S/c1-11-4-5-14(10-12(11)2)21(19,20)18-7-6-15-13(3)16-8-9-17-15/h4-5,8-10,18H,6-7H2,1-3H3. The Morgan fingerprint density at radius 3 is 2.43 bits per heavy atom. The van der Waals surface area contributed by atoms with E-state index in [2.05, 4.69) is 14.7 Å². The maximum atomic E-state index is 12.2. The monoisotopic (exact) mass is 305 g/mol. The second-order valence-electron chi connectivity index (χ2n) is 4.98. The van der Waals surface area contributed by atoms with Gasteiger partial charge >= 0.3 is 0 Å². The van der Waals surface area contributed by atoms with Crippen LogP contribution in [0, 0.1) is 20.8 Å². The van der Waals surface area contributed by atoms with E-state index < -0.39 is 10.0 Å². The number of hydrogen-bond donors (Lipinski definition) is 1. The Morgan fingerprint density at radius 2 is 1.76 bits per heavy atom. The van der Waals surface area contributed by atoms with Crippen molar-refractivity contribution in [3.8, 4) is 0 Å². The molecule has 0 amide bonds. The highest BCUT2D eigenvalue weighted by Gasteiger charge is 2.14. The molecule has 1 aromatic heterocycles. The van der Waals surface area contributed by atoms with E-state index in [1.54, 1.807) is 24.5 Å². The average Bonchev–Trinajstić information content (AvgIpc) is 2.44. The van der Waals surface area contributed by atoms with Gasteiger partial charge in [0.2, 0.25) is 10.0 Å². The number of aromatic nitrogens is 2. The van der Waals surface area contributed by atoms with Gasteiger partial charge in [-0.15, -0.1) is 0 Å². The molecule has 1 aromatic carbocycles. The lowest BCUT2D eigenvalue weighted by molar-refractivity contribution is 0.581. The first-order valence-electron chi connectivity index (χ1n) is 6.73. The largest absolute Gasteiger partial charge is 0.258 e. The van der Waals surface area contributed by atoms with Crippen LogP contribution in [-0.4, -0.2) is 24.9 Å². The number of aryl methyl sites for hydroxylation is 3. The molecule has 0 saturated heterocycles. The summed E-state index contributed by atoms with van der Waals surface area (Å²) in [6, 6.07) is 5.13. The Kier molecular flexibility index (Phi) is 4.69. The molecule has 0 aliphatic rings. The molecule has 112 valence electrons. The molecule has 0 atom stereocenters. The molecular weight excluding hydrogens is 286 g/mol. The molecule has 0 spiro atoms. The first-order valence-corrected chi connectivity index (χ1v) is 8.22. The zero-order valence-electron chi connectivity index (χ0n) is 12.4. The van der Waals surface area contributed by atoms with Crippen LogP contribution in [0.15, 0.2) is 35.5 Å². The van der Waals surface area contributed by atoms with Crippen LogP contribution in [-0.2, 0) is 16.4 Å². The number of hydrogen-bond acceptors (Lipinski definition) is 4. The lowest BCUT2D eigenvalue weighted by Gasteiger charge is -2.09. The minimum Gasteiger partial charge on any atom is -0.258 e. The van der Waals surface area contributed by atoms with Gasteiger partial charge in [-0.1, -0.05) is 6.07 Å². The predicted octanol–water partition coefficient (Wildman–Crippen LogP) is 1.92. The smallest absolute Gasteiger partial charge is 0.240 e. The number of sulfonamides is 1. The van der Waals surface area contributed by atoms with Crippen molar-refractivity contribution in [2.24, 2.45) is 0 Å². The topological polar surface area (TPSA) is 72.0 Å². The molecule has 21 heavy (non-hydrogen) atoms. The molecule has 0 aliphatic heterocycles. The Hall–Kier alpha value is -1.79. The van der Waals surface area contributed by atoms with Crippen LogP contribution in [0.3, 0.4) is 0 Å². The molecule has 1 N–H and O–H groups in total. The summed E-state index contributed by atoms with van der Waals surface area (Å²) < 4.78 is 27.0. The number of benzene rings is 1. The van der Waals surface area contributed by atoms with Gasteiger partial charge in [-0.05, 0) is 44.0 Å². The Balaban J connectivity index is 2.05. The van der Waals surface area contributed by atoms with Gasteiger partial charge in [0.05, 0.1) is 16.3 Å². The third-order valence-corrected chi connectivity index (χ3v) is 4.88. The molecule has 1 heterocycles. The normalized spacial score (nSPS) is 11.6. The van der Waals surface area contributed by atoms with E-state index >= 15 is 0 Å². The van der Waals surface area contributed by atoms with Gasteiger partial charge in [0.25, 0.3) is 0 Å². The SMILES string of the molecule is Cc1ccc(S(=O)(=O)NCCc2nccnc2C)cc1C. The molecule has 2 aromatic rings. The molecule has 0 saturated carbocycles. The minimum atomic E-state index is -3.48. The van der Waals surface area contributed by atoms with Crippen molar-refractivity contribution < 1.29 is 8.42 Å². The lowest BCUT2D eigenvalue weighted by Crippen LogP contribution is -2.26. The number of rotatable bonds is 5. The number of nitrogens with zero attached hydrogens (tertiary/aromatic N) is 2. The van der Waals surface area contributed by atoms with Gasteiger partial charge in [0.15, 0.2) is 0 Å². The van der Waals surface area contributed by atoms with E-state index in [9.17, 15) is 8.42 Å². The second-order valence-corrected chi connectivity index (χ2v) is 6.75. The summed E-state index contributed by atoms with van der Waals surface area (Å²) in [5, 5.41) is 0. The third kappa shape index (κ3) is 3.86. The summed E-state index contributed by atoms with van der Waals surface area (Å²) >= 11 is 0. The van der Waals surface area contributed by atoms with Gasteiger partial charge in [-0.25, -0.2) is 13.1 Å². The van der Waals surface area contributed by atoms with Crippen LogP contribution >= 0.6 is 0 Å². The van der Waals surface area contributed by atoms with E-state index in [0.29, 0.717) is 17.9 Å². The second kappa shape index (κ2) is 6.32. The molecule has 0 bridgehead atoms. The van der Waals surface area contributed by atoms with E-state index in [0.717, 1.165) is 22.5 Å². The highest BCUT2D eigenvalue weighted by molar-refractivity contribution is 7.89. The Labute approximate surface area is 125 Å². The van der Waals surface area contributed by atoms with Gasteiger partial charge in [-0.3, -0.25) is 9.97 Å². The van der Waals surface area contributed by atoms with Crippen LogP contribution in [0.4, 0.5) is 0 Å². The summed E-state index contributed by atoms with van der Waals surface area (Å²) in [7, 11) is -3.48. The molecule has 0 aliphatic carbocycles. The predicted molar refractivity (Wildman–Crippen MR) is 81.6 cm³/mol.